The second-order valence-electron chi connectivity index (χ2n) is 10.8. The Morgan fingerprint density at radius 2 is 1.73 bits per heavy atom. The fourth-order valence-electron chi connectivity index (χ4n) is 7.05. The largest absolute Gasteiger partial charge is 0.508 e. The van der Waals surface area contributed by atoms with Gasteiger partial charge in [-0.3, -0.25) is 18.7 Å². The number of esters is 2. The van der Waals surface area contributed by atoms with E-state index in [1.807, 2.05) is 12.1 Å². The van der Waals surface area contributed by atoms with E-state index >= 15 is 0 Å². The molecule has 37 heavy (non-hydrogen) atoms. The summed E-state index contributed by atoms with van der Waals surface area (Å²) < 4.78 is 33.9. The molecule has 0 spiro atoms. The summed E-state index contributed by atoms with van der Waals surface area (Å²) in [5, 5.41) is 7.34. The number of hydrogen-bond donors (Lipinski definition) is 5. The minimum Gasteiger partial charge on any atom is -0.508 e. The van der Waals surface area contributed by atoms with Crippen LogP contribution in [-0.4, -0.2) is 55.2 Å². The molecule has 6 atom stereocenters. The highest BCUT2D eigenvalue weighted by molar-refractivity contribution is 7.70. The number of benzene rings is 1. The van der Waals surface area contributed by atoms with Crippen LogP contribution in [0.5, 0.6) is 5.75 Å². The van der Waals surface area contributed by atoms with Crippen molar-refractivity contribution in [3.63, 3.8) is 0 Å². The first-order valence-electron chi connectivity index (χ1n) is 12.4. The molecule has 0 aliphatic heterocycles. The molecular formula is C24H34O11P2. The van der Waals surface area contributed by atoms with Crippen LogP contribution in [0.2, 0.25) is 0 Å². The first-order chi connectivity index (χ1) is 17.2. The van der Waals surface area contributed by atoms with Gasteiger partial charge in [0.05, 0.1) is 7.11 Å². The van der Waals surface area contributed by atoms with Crippen LogP contribution in [0.4, 0.5) is 0 Å². The number of phenols is 1. The number of hydrogen-bond acceptors (Lipinski definition) is 7. The number of phenolic OH excluding ortho intramolecular Hbond substituents is 1. The van der Waals surface area contributed by atoms with Crippen molar-refractivity contribution in [2.75, 3.05) is 7.11 Å². The molecule has 5 N–H and O–H groups in total. The topological polar surface area (TPSA) is 188 Å². The van der Waals surface area contributed by atoms with E-state index in [0.29, 0.717) is 18.3 Å². The van der Waals surface area contributed by atoms with Gasteiger partial charge in [0, 0.05) is 5.41 Å². The van der Waals surface area contributed by atoms with Gasteiger partial charge < -0.3 is 34.2 Å². The predicted molar refractivity (Wildman–Crippen MR) is 131 cm³/mol. The zero-order valence-corrected chi connectivity index (χ0v) is 22.5. The molecule has 0 aromatic heterocycles. The van der Waals surface area contributed by atoms with Crippen LogP contribution in [0, 0.1) is 23.2 Å². The molecule has 1 aromatic rings. The number of fused-ring (bicyclic) bond motifs is 5. The number of ether oxygens (including phenoxy) is 2. The Balaban J connectivity index is 1.53. The molecule has 4 rings (SSSR count). The molecule has 2 fully saturated rings. The molecule has 0 heterocycles. The van der Waals surface area contributed by atoms with Crippen molar-refractivity contribution in [3.05, 3.63) is 29.3 Å². The smallest absolute Gasteiger partial charge is 0.340 e. The number of aryl methyl sites for hydroxylation is 1. The molecule has 3 aliphatic rings. The van der Waals surface area contributed by atoms with Crippen molar-refractivity contribution in [3.8, 4) is 5.75 Å². The van der Waals surface area contributed by atoms with Gasteiger partial charge >= 0.3 is 27.1 Å². The van der Waals surface area contributed by atoms with E-state index in [9.17, 15) is 43.4 Å². The zero-order chi connectivity index (χ0) is 27.3. The van der Waals surface area contributed by atoms with E-state index in [1.165, 1.54) is 5.56 Å². The quantitative estimate of drug-likeness (QED) is 0.187. The second kappa shape index (κ2) is 10.1. The molecule has 13 heteroatoms. The van der Waals surface area contributed by atoms with E-state index in [4.69, 9.17) is 4.74 Å². The first-order valence-corrected chi connectivity index (χ1v) is 15.7. The van der Waals surface area contributed by atoms with Crippen molar-refractivity contribution in [2.24, 2.45) is 23.2 Å². The van der Waals surface area contributed by atoms with Gasteiger partial charge in [0.25, 0.3) is 0 Å². The lowest BCUT2D eigenvalue weighted by atomic mass is 9.55. The highest BCUT2D eigenvalue weighted by Crippen LogP contribution is 2.63. The Morgan fingerprint density at radius 1 is 1.05 bits per heavy atom. The summed E-state index contributed by atoms with van der Waals surface area (Å²) in [6.45, 7) is 2.06. The average Bonchev–Trinajstić information content (AvgIpc) is 3.12. The lowest BCUT2D eigenvalue weighted by Crippen LogP contribution is -2.46. The summed E-state index contributed by atoms with van der Waals surface area (Å²) >= 11 is 0. The van der Waals surface area contributed by atoms with Gasteiger partial charge in [-0.2, -0.15) is 0 Å². The van der Waals surface area contributed by atoms with Gasteiger partial charge in [-0.05, 0) is 86.0 Å². The van der Waals surface area contributed by atoms with Crippen LogP contribution in [0.25, 0.3) is 0 Å². The molecule has 1 aromatic carbocycles. The molecule has 0 amide bonds. The normalized spacial score (nSPS) is 30.1. The third-order valence-corrected chi connectivity index (χ3v) is 12.7. The monoisotopic (exact) mass is 560 g/mol. The number of carbonyl (C=O) groups is 2. The van der Waals surface area contributed by atoms with Crippen molar-refractivity contribution in [2.45, 2.75) is 69.3 Å². The van der Waals surface area contributed by atoms with Gasteiger partial charge in [-0.25, -0.2) is 0 Å². The summed E-state index contributed by atoms with van der Waals surface area (Å²) in [4.78, 5) is 63.4. The van der Waals surface area contributed by atoms with Crippen molar-refractivity contribution < 1.29 is 52.9 Å². The van der Waals surface area contributed by atoms with Gasteiger partial charge in [0.1, 0.15) is 11.9 Å². The first kappa shape index (κ1) is 28.3. The fraction of sp³-hybridized carbons (Fsp3) is 0.667. The maximum atomic E-state index is 13.1. The van der Waals surface area contributed by atoms with Gasteiger partial charge in [0.2, 0.25) is 0 Å². The molecule has 0 saturated heterocycles. The number of methoxy groups -OCH3 is 1. The molecular weight excluding hydrogens is 526 g/mol. The Labute approximate surface area is 214 Å². The lowest BCUT2D eigenvalue weighted by molar-refractivity contribution is -0.170. The van der Waals surface area contributed by atoms with Crippen LogP contribution in [0.15, 0.2) is 18.2 Å². The SMILES string of the molecule is COC(=O)C(CC(P(=O)(O)O)P(=O)(O)O)C(=O)O[C@H]1CC[C@H]2[C@@H]3CCc4cc(O)ccc4[C@H]3CC[C@]12C. The second-order valence-corrected chi connectivity index (χ2v) is 14.8. The molecule has 1 unspecified atom stereocenters. The average molecular weight is 560 g/mol. The summed E-state index contributed by atoms with van der Waals surface area (Å²) in [7, 11) is -9.74. The molecule has 3 aliphatic carbocycles. The van der Waals surface area contributed by atoms with Gasteiger partial charge in [-0.1, -0.05) is 13.0 Å². The van der Waals surface area contributed by atoms with Crippen molar-refractivity contribution >= 4 is 27.1 Å². The summed E-state index contributed by atoms with van der Waals surface area (Å²) in [5.41, 5.74) is 2.04. The van der Waals surface area contributed by atoms with Crippen molar-refractivity contribution in [1.82, 2.24) is 0 Å². The molecule has 2 saturated carbocycles. The molecule has 206 valence electrons. The van der Waals surface area contributed by atoms with Crippen LogP contribution in [-0.2, 0) is 34.6 Å². The minimum atomic E-state index is -5.35. The zero-order valence-electron chi connectivity index (χ0n) is 20.7. The van der Waals surface area contributed by atoms with Crippen LogP contribution >= 0.6 is 15.2 Å². The number of aromatic hydroxyl groups is 1. The highest BCUT2D eigenvalue weighted by atomic mass is 31.2. The van der Waals surface area contributed by atoms with Crippen LogP contribution < -0.4 is 0 Å². The van der Waals surface area contributed by atoms with E-state index in [2.05, 4.69) is 11.7 Å². The molecule has 11 nitrogen and oxygen atoms in total. The van der Waals surface area contributed by atoms with Gasteiger partial charge in [-0.15, -0.1) is 0 Å². The fourth-order valence-corrected chi connectivity index (χ4v) is 9.59. The maximum Gasteiger partial charge on any atom is 0.340 e. The summed E-state index contributed by atoms with van der Waals surface area (Å²) in [5.74, 6) is -2.95. The van der Waals surface area contributed by atoms with Crippen LogP contribution in [0.1, 0.15) is 62.5 Å². The summed E-state index contributed by atoms with van der Waals surface area (Å²) in [6, 6.07) is 5.54. The van der Waals surface area contributed by atoms with Crippen LogP contribution in [0.3, 0.4) is 0 Å². The minimum absolute atomic E-state index is 0.250. The Kier molecular flexibility index (Phi) is 7.72. The predicted octanol–water partition coefficient (Wildman–Crippen LogP) is 3.02. The third kappa shape index (κ3) is 5.40. The van der Waals surface area contributed by atoms with E-state index in [0.717, 1.165) is 44.8 Å². The Hall–Kier alpha value is -1.74. The number of carbonyl (C=O) groups excluding carboxylic acids is 2. The van der Waals surface area contributed by atoms with Gasteiger partial charge in [0.15, 0.2) is 11.3 Å². The highest BCUT2D eigenvalue weighted by Gasteiger charge is 2.57. The van der Waals surface area contributed by atoms with E-state index in [-0.39, 0.29) is 17.1 Å². The maximum absolute atomic E-state index is 13.1. The lowest BCUT2D eigenvalue weighted by Gasteiger charge is -2.50. The third-order valence-electron chi connectivity index (χ3n) is 8.87. The Morgan fingerprint density at radius 3 is 2.35 bits per heavy atom. The van der Waals surface area contributed by atoms with Crippen molar-refractivity contribution in [1.29, 1.82) is 0 Å². The standard InChI is InChI=1S/C24H34O11P2/c1-24-10-9-16-15-6-4-14(25)11-13(15)3-5-17(16)19(24)7-8-20(24)35-23(27)18(22(26)34-2)12-21(36(28,29)30)37(31,32)33/h4,6,11,16-21,25H,3,5,7-10,12H2,1-2H3,(H2,28,29,30)(H2,31,32,33)/t16-,17-,18?,19+,20+,24+/m1/s1. The molecule has 0 bridgehead atoms. The Bertz CT molecular complexity index is 1140. The van der Waals surface area contributed by atoms with E-state index < -0.39 is 51.0 Å². The number of rotatable bonds is 7. The molecule has 0 radical (unpaired) electrons. The summed E-state index contributed by atoms with van der Waals surface area (Å²) in [6.07, 6.45) is 3.11. The van der Waals surface area contributed by atoms with E-state index in [1.54, 1.807) is 6.07 Å².